The molecule has 0 fully saturated rings. The summed E-state index contributed by atoms with van der Waals surface area (Å²) in [5.74, 6) is 0.815. The first-order chi connectivity index (χ1) is 15.0. The van der Waals surface area contributed by atoms with Crippen molar-refractivity contribution in [1.82, 2.24) is 0 Å². The van der Waals surface area contributed by atoms with Crippen LogP contribution in [0.3, 0.4) is 0 Å². The van der Waals surface area contributed by atoms with Gasteiger partial charge >= 0.3 is 0 Å². The monoisotopic (exact) mass is 420 g/mol. The summed E-state index contributed by atoms with van der Waals surface area (Å²) in [4.78, 5) is 0. The van der Waals surface area contributed by atoms with Gasteiger partial charge in [-0.1, -0.05) is 125 Å². The van der Waals surface area contributed by atoms with E-state index in [1.807, 2.05) is 47.6 Å². The Bertz CT molecular complexity index is 794. The minimum Gasteiger partial charge on any atom is -0.0874 e. The minimum atomic E-state index is 0.815. The van der Waals surface area contributed by atoms with Gasteiger partial charge in [0.25, 0.3) is 0 Å². The molecule has 0 aromatic heterocycles. The maximum absolute atomic E-state index is 2.30. The molecule has 0 nitrogen and oxygen atoms in total. The molecule has 0 aliphatic heterocycles. The van der Waals surface area contributed by atoms with Crippen LogP contribution in [0.2, 0.25) is 0 Å². The summed E-state index contributed by atoms with van der Waals surface area (Å²) in [7, 11) is 0. The predicted molar refractivity (Wildman–Crippen MR) is 147 cm³/mol. The zero-order chi connectivity index (χ0) is 24.1. The van der Waals surface area contributed by atoms with Gasteiger partial charge in [0.1, 0.15) is 0 Å². The highest BCUT2D eigenvalue weighted by molar-refractivity contribution is 5.85. The fourth-order valence-electron chi connectivity index (χ4n) is 2.95. The largest absolute Gasteiger partial charge is 0.0874 e. The zero-order valence-corrected chi connectivity index (χ0v) is 22.0. The van der Waals surface area contributed by atoms with Crippen LogP contribution >= 0.6 is 0 Å². The molecule has 1 unspecified atom stereocenters. The highest BCUT2D eigenvalue weighted by Gasteiger charge is 2.04. The van der Waals surface area contributed by atoms with E-state index in [9.17, 15) is 0 Å². The van der Waals surface area contributed by atoms with Crippen molar-refractivity contribution in [3.8, 4) is 0 Å². The molecular weight excluding hydrogens is 372 g/mol. The first-order valence-electron chi connectivity index (χ1n) is 12.1. The van der Waals surface area contributed by atoms with E-state index in [0.29, 0.717) is 0 Å². The molecule has 2 aromatic rings. The molecule has 0 spiro atoms. The van der Waals surface area contributed by atoms with Crippen LogP contribution in [0.25, 0.3) is 10.8 Å². The highest BCUT2D eigenvalue weighted by Crippen LogP contribution is 2.20. The zero-order valence-electron chi connectivity index (χ0n) is 22.0. The average molecular weight is 421 g/mol. The van der Waals surface area contributed by atoms with Gasteiger partial charge in [-0.3, -0.25) is 0 Å². The van der Waals surface area contributed by atoms with E-state index in [0.717, 1.165) is 5.92 Å². The summed E-state index contributed by atoms with van der Waals surface area (Å²) >= 11 is 0. The van der Waals surface area contributed by atoms with Gasteiger partial charge in [-0.25, -0.2) is 0 Å². The number of hydrogen-bond donors (Lipinski definition) is 0. The second-order valence-electron chi connectivity index (χ2n) is 7.10. The molecule has 0 saturated heterocycles. The number of allylic oxidation sites excluding steroid dienone is 8. The Labute approximate surface area is 194 Å². The van der Waals surface area contributed by atoms with Gasteiger partial charge in [-0.2, -0.15) is 0 Å². The van der Waals surface area contributed by atoms with Gasteiger partial charge in [-0.15, -0.1) is 0 Å². The molecule has 3 rings (SSSR count). The molecule has 0 saturated carbocycles. The Balaban J connectivity index is 0. The SMILES string of the molecule is C/C=C\C(C)=C/C.CC.CC.CCC1C=CC=C(C)C1.Cc1cccc2ccccc12. The summed E-state index contributed by atoms with van der Waals surface area (Å²) in [6.45, 7) is 20.7. The second kappa shape index (κ2) is 20.9. The van der Waals surface area contributed by atoms with Crippen LogP contribution < -0.4 is 0 Å². The molecule has 0 amide bonds. The van der Waals surface area contributed by atoms with E-state index >= 15 is 0 Å². The van der Waals surface area contributed by atoms with Crippen molar-refractivity contribution >= 4 is 10.8 Å². The second-order valence-corrected chi connectivity index (χ2v) is 7.10. The molecule has 0 heteroatoms. The fraction of sp³-hybridized carbons (Fsp3) is 0.419. The van der Waals surface area contributed by atoms with Crippen molar-refractivity contribution < 1.29 is 0 Å². The Morgan fingerprint density at radius 1 is 0.935 bits per heavy atom. The fourth-order valence-corrected chi connectivity index (χ4v) is 2.95. The maximum Gasteiger partial charge on any atom is -0.0155 e. The van der Waals surface area contributed by atoms with Gasteiger partial charge in [-0.05, 0) is 69.7 Å². The summed E-state index contributed by atoms with van der Waals surface area (Å²) in [6.07, 6.45) is 15.4. The maximum atomic E-state index is 2.30. The average Bonchev–Trinajstić information content (AvgIpc) is 2.83. The number of benzene rings is 2. The van der Waals surface area contributed by atoms with Gasteiger partial charge in [0, 0.05) is 0 Å². The van der Waals surface area contributed by atoms with E-state index in [1.54, 1.807) is 0 Å². The molecule has 172 valence electrons. The van der Waals surface area contributed by atoms with E-state index in [4.69, 9.17) is 0 Å². The topological polar surface area (TPSA) is 0 Å². The first kappa shape index (κ1) is 30.9. The van der Waals surface area contributed by atoms with E-state index < -0.39 is 0 Å². The number of rotatable bonds is 2. The number of fused-ring (bicyclic) bond motifs is 1. The Morgan fingerprint density at radius 2 is 1.55 bits per heavy atom. The molecule has 1 atom stereocenters. The van der Waals surface area contributed by atoms with Crippen molar-refractivity contribution in [2.75, 3.05) is 0 Å². The van der Waals surface area contributed by atoms with Gasteiger partial charge in [0.15, 0.2) is 0 Å². The third-order valence-electron chi connectivity index (χ3n) is 4.77. The van der Waals surface area contributed by atoms with Gasteiger partial charge < -0.3 is 0 Å². The van der Waals surface area contributed by atoms with Crippen LogP contribution in [-0.2, 0) is 0 Å². The third-order valence-corrected chi connectivity index (χ3v) is 4.77. The lowest BCUT2D eigenvalue weighted by atomic mass is 9.93. The molecule has 0 bridgehead atoms. The first-order valence-corrected chi connectivity index (χ1v) is 12.1. The quantitative estimate of drug-likeness (QED) is 0.424. The Hall–Kier alpha value is -2.34. The Morgan fingerprint density at radius 3 is 2.00 bits per heavy atom. The summed E-state index contributed by atoms with van der Waals surface area (Å²) in [6, 6.07) is 14.8. The predicted octanol–water partition coefficient (Wildman–Crippen LogP) is 10.6. The van der Waals surface area contributed by atoms with Crippen LogP contribution in [0.4, 0.5) is 0 Å². The molecule has 1 aliphatic carbocycles. The van der Waals surface area contributed by atoms with E-state index in [2.05, 4.69) is 101 Å². The summed E-state index contributed by atoms with van der Waals surface area (Å²) < 4.78 is 0. The molecule has 2 aromatic carbocycles. The van der Waals surface area contributed by atoms with Crippen LogP contribution in [0.1, 0.15) is 80.7 Å². The Kier molecular flexibility index (Phi) is 20.8. The molecule has 31 heavy (non-hydrogen) atoms. The summed E-state index contributed by atoms with van der Waals surface area (Å²) in [5.41, 5.74) is 4.19. The van der Waals surface area contributed by atoms with Crippen molar-refractivity contribution in [2.45, 2.75) is 82.1 Å². The van der Waals surface area contributed by atoms with Crippen molar-refractivity contribution in [3.63, 3.8) is 0 Å². The summed E-state index contributed by atoms with van der Waals surface area (Å²) in [5, 5.41) is 2.68. The van der Waals surface area contributed by atoms with Crippen molar-refractivity contribution in [1.29, 1.82) is 0 Å². The van der Waals surface area contributed by atoms with Crippen LogP contribution in [0.15, 0.2) is 90.1 Å². The minimum absolute atomic E-state index is 0.815. The standard InChI is InChI=1S/C11H10.C9H14.C7H12.2C2H6/c1-9-5-4-7-10-6-2-3-8-11(9)10;1-3-9-6-4-5-8(2)7-9;1-4-6-7(3)5-2;2*1-2/h2-8H,1H3;4-6,9H,3,7H2,1-2H3;4-6H,1-3H3;2*1-2H3/b;;6-4-,7-5-;;. The normalized spacial score (nSPS) is 14.6. The molecule has 1 aliphatic rings. The van der Waals surface area contributed by atoms with Crippen molar-refractivity contribution in [2.24, 2.45) is 5.92 Å². The smallest absolute Gasteiger partial charge is 0.0155 e. The van der Waals surface area contributed by atoms with Crippen LogP contribution in [0, 0.1) is 12.8 Å². The van der Waals surface area contributed by atoms with Crippen molar-refractivity contribution in [3.05, 3.63) is 95.6 Å². The molecule has 0 heterocycles. The van der Waals surface area contributed by atoms with Gasteiger partial charge in [0.2, 0.25) is 0 Å². The highest BCUT2D eigenvalue weighted by atomic mass is 14.1. The lowest BCUT2D eigenvalue weighted by Crippen LogP contribution is -1.97. The number of aryl methyl sites for hydroxylation is 1. The lowest BCUT2D eigenvalue weighted by molar-refractivity contribution is 0.614. The molecule has 0 radical (unpaired) electrons. The molecule has 0 N–H and O–H groups in total. The molecular formula is C31H48. The number of hydrogen-bond acceptors (Lipinski definition) is 0. The third kappa shape index (κ3) is 14.3. The van der Waals surface area contributed by atoms with Crippen LogP contribution in [-0.4, -0.2) is 0 Å². The van der Waals surface area contributed by atoms with Crippen LogP contribution in [0.5, 0.6) is 0 Å². The van der Waals surface area contributed by atoms with E-state index in [1.165, 1.54) is 40.3 Å². The van der Waals surface area contributed by atoms with E-state index in [-0.39, 0.29) is 0 Å². The van der Waals surface area contributed by atoms with Gasteiger partial charge in [0.05, 0.1) is 0 Å². The lowest BCUT2D eigenvalue weighted by Gasteiger charge is -2.12.